The number of carbonyl (C=O) groups is 3. The van der Waals surface area contributed by atoms with Crippen molar-refractivity contribution in [3.05, 3.63) is 65.7 Å². The summed E-state index contributed by atoms with van der Waals surface area (Å²) in [5, 5.41) is 5.82. The van der Waals surface area contributed by atoms with Gasteiger partial charge in [-0.05, 0) is 29.7 Å². The van der Waals surface area contributed by atoms with Crippen LogP contribution < -0.4 is 10.6 Å². The molecule has 0 bridgehead atoms. The van der Waals surface area contributed by atoms with E-state index >= 15 is 0 Å². The molecule has 158 valence electrons. The van der Waals surface area contributed by atoms with Crippen molar-refractivity contribution in [2.45, 2.75) is 25.3 Å². The molecule has 1 fully saturated rings. The molecule has 7 nitrogen and oxygen atoms in total. The number of nitrogens with one attached hydrogen (secondary N) is 2. The van der Waals surface area contributed by atoms with Gasteiger partial charge in [-0.15, -0.1) is 0 Å². The van der Waals surface area contributed by atoms with Gasteiger partial charge in [-0.25, -0.2) is 4.79 Å². The molecule has 1 unspecified atom stereocenters. The van der Waals surface area contributed by atoms with E-state index in [1.54, 1.807) is 36.0 Å². The number of likely N-dealkylation sites (N-methyl/N-ethyl adjacent to an activating group) is 1. The fourth-order valence-electron chi connectivity index (χ4n) is 3.40. The first-order valence-electron chi connectivity index (χ1n) is 10.1. The second kappa shape index (κ2) is 9.91. The molecule has 0 radical (unpaired) electrons. The summed E-state index contributed by atoms with van der Waals surface area (Å²) >= 11 is 0. The molecule has 2 N–H and O–H groups in total. The maximum absolute atomic E-state index is 12.6. The Morgan fingerprint density at radius 3 is 2.37 bits per heavy atom. The SMILES string of the molecule is CN(C)C(=O)Cc1ccc(NC(=O)NC(CN2CCCC2=O)c2ccccc2)cc1. The molecule has 0 spiro atoms. The molecule has 2 aromatic carbocycles. The van der Waals surface area contributed by atoms with Crippen molar-refractivity contribution in [2.24, 2.45) is 0 Å². The third-order valence-corrected chi connectivity index (χ3v) is 5.15. The number of nitrogens with zero attached hydrogens (tertiary/aromatic N) is 2. The van der Waals surface area contributed by atoms with Gasteiger partial charge in [0.2, 0.25) is 11.8 Å². The number of anilines is 1. The van der Waals surface area contributed by atoms with Crippen molar-refractivity contribution in [3.63, 3.8) is 0 Å². The van der Waals surface area contributed by atoms with E-state index in [2.05, 4.69) is 10.6 Å². The van der Waals surface area contributed by atoms with E-state index in [9.17, 15) is 14.4 Å². The van der Waals surface area contributed by atoms with Crippen LogP contribution in [0.1, 0.15) is 30.0 Å². The summed E-state index contributed by atoms with van der Waals surface area (Å²) < 4.78 is 0. The Labute approximate surface area is 177 Å². The minimum absolute atomic E-state index is 0.0237. The standard InChI is InChI=1S/C23H28N4O3/c1-26(2)22(29)15-17-10-12-19(13-11-17)24-23(30)25-20(18-7-4-3-5-8-18)16-27-14-6-9-21(27)28/h3-5,7-8,10-13,20H,6,9,14-16H2,1-2H3,(H2,24,25,30). The maximum Gasteiger partial charge on any atom is 0.319 e. The normalized spacial score (nSPS) is 14.3. The Balaban J connectivity index is 1.62. The summed E-state index contributed by atoms with van der Waals surface area (Å²) in [6.07, 6.45) is 1.74. The van der Waals surface area contributed by atoms with Gasteiger partial charge >= 0.3 is 6.03 Å². The number of likely N-dealkylation sites (tertiary alicyclic amines) is 1. The van der Waals surface area contributed by atoms with E-state index in [1.807, 2.05) is 42.5 Å². The smallest absolute Gasteiger partial charge is 0.319 e. The predicted molar refractivity (Wildman–Crippen MR) is 116 cm³/mol. The zero-order valence-electron chi connectivity index (χ0n) is 17.4. The third kappa shape index (κ3) is 5.83. The number of urea groups is 1. The van der Waals surface area contributed by atoms with E-state index < -0.39 is 0 Å². The minimum atomic E-state index is -0.340. The zero-order valence-corrected chi connectivity index (χ0v) is 17.4. The highest BCUT2D eigenvalue weighted by Crippen LogP contribution is 2.19. The van der Waals surface area contributed by atoms with Crippen molar-refractivity contribution in [1.82, 2.24) is 15.1 Å². The van der Waals surface area contributed by atoms with Gasteiger partial charge in [0.25, 0.3) is 0 Å². The number of amides is 4. The van der Waals surface area contributed by atoms with E-state index in [4.69, 9.17) is 0 Å². The molecule has 0 aliphatic carbocycles. The lowest BCUT2D eigenvalue weighted by atomic mass is 10.1. The third-order valence-electron chi connectivity index (χ3n) is 5.15. The van der Waals surface area contributed by atoms with Crippen molar-refractivity contribution >= 4 is 23.5 Å². The molecule has 2 aromatic rings. The highest BCUT2D eigenvalue weighted by molar-refractivity contribution is 5.89. The topological polar surface area (TPSA) is 81.8 Å². The van der Waals surface area contributed by atoms with Crippen LogP contribution in [0.2, 0.25) is 0 Å². The van der Waals surface area contributed by atoms with E-state index in [0.29, 0.717) is 25.1 Å². The molecule has 1 aliphatic heterocycles. The molecule has 3 rings (SSSR count). The lowest BCUT2D eigenvalue weighted by Crippen LogP contribution is -2.40. The van der Waals surface area contributed by atoms with Crippen molar-refractivity contribution in [2.75, 3.05) is 32.5 Å². The molecule has 7 heteroatoms. The highest BCUT2D eigenvalue weighted by Gasteiger charge is 2.25. The molecule has 4 amide bonds. The molecule has 1 saturated heterocycles. The van der Waals surface area contributed by atoms with Crippen LogP contribution in [-0.2, 0) is 16.0 Å². The number of carbonyl (C=O) groups excluding carboxylic acids is 3. The Kier molecular flexibility index (Phi) is 7.06. The Morgan fingerprint density at radius 1 is 1.07 bits per heavy atom. The Hall–Kier alpha value is -3.35. The van der Waals surface area contributed by atoms with Crippen LogP contribution >= 0.6 is 0 Å². The van der Waals surface area contributed by atoms with Crippen LogP contribution in [0.4, 0.5) is 10.5 Å². The van der Waals surface area contributed by atoms with E-state index in [1.165, 1.54) is 0 Å². The van der Waals surface area contributed by atoms with Gasteiger partial charge in [0, 0.05) is 39.3 Å². The van der Waals surface area contributed by atoms with Gasteiger partial charge < -0.3 is 20.4 Å². The summed E-state index contributed by atoms with van der Waals surface area (Å²) in [5.41, 5.74) is 2.47. The average molecular weight is 409 g/mol. The summed E-state index contributed by atoms with van der Waals surface area (Å²) in [6, 6.07) is 16.2. The van der Waals surface area contributed by atoms with Crippen LogP contribution in [0.15, 0.2) is 54.6 Å². The van der Waals surface area contributed by atoms with Crippen molar-refractivity contribution < 1.29 is 14.4 Å². The molecule has 1 heterocycles. The van der Waals surface area contributed by atoms with Gasteiger partial charge in [0.1, 0.15) is 0 Å². The maximum atomic E-state index is 12.6. The monoisotopic (exact) mass is 408 g/mol. The van der Waals surface area contributed by atoms with Gasteiger partial charge in [0.05, 0.1) is 12.5 Å². The summed E-state index contributed by atoms with van der Waals surface area (Å²) in [6.45, 7) is 1.17. The van der Waals surface area contributed by atoms with Crippen molar-refractivity contribution in [1.29, 1.82) is 0 Å². The summed E-state index contributed by atoms with van der Waals surface area (Å²) in [4.78, 5) is 39.8. The molecular formula is C23H28N4O3. The van der Waals surface area contributed by atoms with Crippen LogP contribution in [-0.4, -0.2) is 54.8 Å². The van der Waals surface area contributed by atoms with Crippen LogP contribution in [0.5, 0.6) is 0 Å². The highest BCUT2D eigenvalue weighted by atomic mass is 16.2. The Bertz CT molecular complexity index is 881. The number of hydrogen-bond donors (Lipinski definition) is 2. The minimum Gasteiger partial charge on any atom is -0.349 e. The first-order valence-corrected chi connectivity index (χ1v) is 10.1. The van der Waals surface area contributed by atoms with Gasteiger partial charge in [-0.1, -0.05) is 42.5 Å². The second-order valence-electron chi connectivity index (χ2n) is 7.67. The fraction of sp³-hybridized carbons (Fsp3) is 0.348. The lowest BCUT2D eigenvalue weighted by Gasteiger charge is -2.25. The van der Waals surface area contributed by atoms with E-state index in [-0.39, 0.29) is 23.9 Å². The molecule has 1 atom stereocenters. The molecule has 0 saturated carbocycles. The predicted octanol–water partition coefficient (Wildman–Crippen LogP) is 2.80. The number of hydrogen-bond acceptors (Lipinski definition) is 3. The first-order chi connectivity index (χ1) is 14.4. The molecule has 0 aromatic heterocycles. The fourth-order valence-corrected chi connectivity index (χ4v) is 3.40. The van der Waals surface area contributed by atoms with Gasteiger partial charge in [-0.2, -0.15) is 0 Å². The largest absolute Gasteiger partial charge is 0.349 e. The average Bonchev–Trinajstić information content (AvgIpc) is 3.14. The number of benzene rings is 2. The molecule has 30 heavy (non-hydrogen) atoms. The van der Waals surface area contributed by atoms with Crippen molar-refractivity contribution in [3.8, 4) is 0 Å². The quantitative estimate of drug-likeness (QED) is 0.739. The molecule has 1 aliphatic rings. The first kappa shape index (κ1) is 21.4. The summed E-state index contributed by atoms with van der Waals surface area (Å²) in [5.74, 6) is 0.150. The lowest BCUT2D eigenvalue weighted by molar-refractivity contribution is -0.128. The van der Waals surface area contributed by atoms with Crippen LogP contribution in [0.3, 0.4) is 0 Å². The van der Waals surface area contributed by atoms with Gasteiger partial charge in [-0.3, -0.25) is 9.59 Å². The second-order valence-corrected chi connectivity index (χ2v) is 7.67. The van der Waals surface area contributed by atoms with Crippen LogP contribution in [0, 0.1) is 0 Å². The molecular weight excluding hydrogens is 380 g/mol. The summed E-state index contributed by atoms with van der Waals surface area (Å²) in [7, 11) is 3.45. The van der Waals surface area contributed by atoms with Gasteiger partial charge in [0.15, 0.2) is 0 Å². The van der Waals surface area contributed by atoms with E-state index in [0.717, 1.165) is 24.1 Å². The Morgan fingerprint density at radius 2 is 1.77 bits per heavy atom. The number of rotatable bonds is 7. The van der Waals surface area contributed by atoms with Crippen LogP contribution in [0.25, 0.3) is 0 Å². The zero-order chi connectivity index (χ0) is 21.5.